The fraction of sp³-hybridized carbons (Fsp3) is 1.00. The first-order chi connectivity index (χ1) is 15.6. The zero-order valence-corrected chi connectivity index (χ0v) is 26.7. The van der Waals surface area contributed by atoms with Gasteiger partial charge in [0.15, 0.2) is 0 Å². The van der Waals surface area contributed by atoms with E-state index in [0.717, 1.165) is 46.8 Å². The summed E-state index contributed by atoms with van der Waals surface area (Å²) >= 11 is 0. The third-order valence-corrected chi connectivity index (χ3v) is 16.8. The lowest BCUT2D eigenvalue weighted by atomic mass is 9.48. The van der Waals surface area contributed by atoms with Crippen LogP contribution in [-0.2, 0) is 0 Å². The summed E-state index contributed by atoms with van der Waals surface area (Å²) < 4.78 is 0. The van der Waals surface area contributed by atoms with Crippen molar-refractivity contribution in [1.29, 1.82) is 0 Å². The van der Waals surface area contributed by atoms with Gasteiger partial charge >= 0.3 is 0 Å². The lowest BCUT2D eigenvalue weighted by Gasteiger charge is -2.58. The molecule has 0 radical (unpaired) electrons. The zero-order chi connectivity index (χ0) is 25.1. The van der Waals surface area contributed by atoms with Gasteiger partial charge in [0.05, 0.1) is 0 Å². The Bertz CT molecular complexity index is 643. The van der Waals surface area contributed by atoms with Crippen molar-refractivity contribution in [3.63, 3.8) is 0 Å². The van der Waals surface area contributed by atoms with Gasteiger partial charge in [0.2, 0.25) is 0 Å². The molecule has 0 aromatic heterocycles. The summed E-state index contributed by atoms with van der Waals surface area (Å²) in [6.45, 7) is 25.7. The van der Waals surface area contributed by atoms with Crippen molar-refractivity contribution in [3.8, 4) is 0 Å². The van der Waals surface area contributed by atoms with E-state index in [0.29, 0.717) is 15.5 Å². The Kier molecular flexibility index (Phi) is 8.10. The minimum absolute atomic E-state index is 0.0163. The molecule has 2 heteroatoms. The molecule has 5 aliphatic rings. The highest BCUT2D eigenvalue weighted by Gasteiger charge is 2.52. The van der Waals surface area contributed by atoms with Crippen LogP contribution in [0.15, 0.2) is 0 Å². The maximum absolute atomic E-state index is 2.67. The molecule has 0 aromatic carbocycles. The van der Waals surface area contributed by atoms with Gasteiger partial charge in [-0.15, -0.1) is 8.58 Å². The number of rotatable bonds is 7. The Morgan fingerprint density at radius 2 is 1.12 bits per heavy atom. The van der Waals surface area contributed by atoms with Crippen LogP contribution in [0, 0.1) is 46.8 Å². The van der Waals surface area contributed by atoms with Gasteiger partial charge in [-0.1, -0.05) is 77.2 Å². The molecular formula is C32H60P2. The van der Waals surface area contributed by atoms with Crippen LogP contribution in [0.2, 0.25) is 0 Å². The van der Waals surface area contributed by atoms with Crippen LogP contribution in [0.25, 0.3) is 0 Å². The highest BCUT2D eigenvalue weighted by atomic mass is 31.1. The van der Waals surface area contributed by atoms with Gasteiger partial charge in [0, 0.05) is 0 Å². The number of hydrogen-bond acceptors (Lipinski definition) is 0. The fourth-order valence-corrected chi connectivity index (χ4v) is 15.8. The van der Waals surface area contributed by atoms with Crippen LogP contribution in [0.5, 0.6) is 0 Å². The lowest BCUT2D eigenvalue weighted by molar-refractivity contribution is -0.0610. The lowest BCUT2D eigenvalue weighted by Crippen LogP contribution is -2.48. The maximum atomic E-state index is 2.67. The van der Waals surface area contributed by atoms with Crippen LogP contribution >= 0.6 is 16.5 Å². The van der Waals surface area contributed by atoms with Crippen molar-refractivity contribution >= 4 is 16.5 Å². The second-order valence-electron chi connectivity index (χ2n) is 16.8. The summed E-state index contributed by atoms with van der Waals surface area (Å²) in [7, 11) is 1.18. The Morgan fingerprint density at radius 1 is 0.676 bits per heavy atom. The highest BCUT2D eigenvalue weighted by Crippen LogP contribution is 2.65. The van der Waals surface area contributed by atoms with E-state index in [-0.39, 0.29) is 7.92 Å². The average molecular weight is 507 g/mol. The van der Waals surface area contributed by atoms with Crippen molar-refractivity contribution in [1.82, 2.24) is 0 Å². The molecule has 198 valence electrons. The molecule has 0 spiro atoms. The third kappa shape index (κ3) is 6.46. The van der Waals surface area contributed by atoms with Crippen molar-refractivity contribution in [2.75, 3.05) is 12.3 Å². The second kappa shape index (κ2) is 9.87. The van der Waals surface area contributed by atoms with E-state index in [2.05, 4.69) is 69.2 Å². The second-order valence-corrected chi connectivity index (χ2v) is 22.8. The molecule has 3 unspecified atom stereocenters. The van der Waals surface area contributed by atoms with E-state index >= 15 is 0 Å². The molecule has 5 saturated carbocycles. The van der Waals surface area contributed by atoms with E-state index < -0.39 is 0 Å². The molecule has 0 aromatic rings. The van der Waals surface area contributed by atoms with Gasteiger partial charge in [0.1, 0.15) is 0 Å². The highest BCUT2D eigenvalue weighted by molar-refractivity contribution is 7.60. The molecule has 34 heavy (non-hydrogen) atoms. The molecule has 4 bridgehead atoms. The van der Waals surface area contributed by atoms with Crippen LogP contribution < -0.4 is 0 Å². The molecule has 0 saturated heterocycles. The van der Waals surface area contributed by atoms with Crippen LogP contribution in [0.3, 0.4) is 0 Å². The molecule has 5 fully saturated rings. The molecule has 5 aliphatic carbocycles. The summed E-state index contributed by atoms with van der Waals surface area (Å²) in [4.78, 5) is 0. The zero-order valence-electron chi connectivity index (χ0n) is 24.8. The van der Waals surface area contributed by atoms with E-state index in [4.69, 9.17) is 0 Å². The van der Waals surface area contributed by atoms with Crippen molar-refractivity contribution in [2.45, 2.75) is 142 Å². The van der Waals surface area contributed by atoms with Crippen molar-refractivity contribution < 1.29 is 0 Å². The predicted molar refractivity (Wildman–Crippen MR) is 158 cm³/mol. The first kappa shape index (κ1) is 27.9. The quantitative estimate of drug-likeness (QED) is 0.301. The summed E-state index contributed by atoms with van der Waals surface area (Å²) in [5.41, 5.74) is 0.742. The normalized spacial score (nSPS) is 41.2. The van der Waals surface area contributed by atoms with E-state index in [1.807, 2.05) is 0 Å². The first-order valence-corrected chi connectivity index (χ1v) is 17.8. The molecule has 0 N–H and O–H groups in total. The summed E-state index contributed by atoms with van der Waals surface area (Å²) in [5, 5.41) is 1.48. The van der Waals surface area contributed by atoms with Crippen LogP contribution in [0.1, 0.15) is 127 Å². The van der Waals surface area contributed by atoms with Crippen LogP contribution in [-0.4, -0.2) is 27.8 Å². The Morgan fingerprint density at radius 3 is 1.56 bits per heavy atom. The van der Waals surface area contributed by atoms with Gasteiger partial charge in [-0.2, -0.15) is 0 Å². The van der Waals surface area contributed by atoms with Gasteiger partial charge < -0.3 is 0 Å². The van der Waals surface area contributed by atoms with Crippen molar-refractivity contribution in [2.24, 2.45) is 46.8 Å². The number of hydrogen-bond donors (Lipinski definition) is 0. The Hall–Kier alpha value is 0.860. The van der Waals surface area contributed by atoms with Gasteiger partial charge in [0.25, 0.3) is 0 Å². The van der Waals surface area contributed by atoms with E-state index in [1.54, 1.807) is 44.9 Å². The van der Waals surface area contributed by atoms with Gasteiger partial charge in [-0.25, -0.2) is 0 Å². The van der Waals surface area contributed by atoms with Gasteiger partial charge in [-0.3, -0.25) is 0 Å². The fourth-order valence-electron chi connectivity index (χ4n) is 9.98. The average Bonchev–Trinajstić information content (AvgIpc) is 2.63. The third-order valence-electron chi connectivity index (χ3n) is 10.8. The largest absolute Gasteiger partial charge is 0.116 e. The Labute approximate surface area is 217 Å². The molecule has 5 atom stereocenters. The molecule has 5 rings (SSSR count). The smallest absolute Gasteiger partial charge is 0.0173 e. The van der Waals surface area contributed by atoms with Crippen molar-refractivity contribution in [3.05, 3.63) is 0 Å². The predicted octanol–water partition coefficient (Wildman–Crippen LogP) is 10.4. The molecule has 0 heterocycles. The summed E-state index contributed by atoms with van der Waals surface area (Å²) in [6, 6.07) is 0. The maximum Gasteiger partial charge on any atom is -0.0173 e. The molecule has 0 aliphatic heterocycles. The molecule has 0 nitrogen and oxygen atoms in total. The first-order valence-electron chi connectivity index (χ1n) is 15.1. The molecular weight excluding hydrogens is 446 g/mol. The SMILES string of the molecule is CC1C[C@@H](CPC(C)(C)CC23CC4CC(CC(C4)C2)C3)[C@@H](CP(C(C)(C)C)C(C)(C)C)CC1C. The molecule has 0 amide bonds. The Balaban J connectivity index is 1.42. The summed E-state index contributed by atoms with van der Waals surface area (Å²) in [5.74, 6) is 7.10. The van der Waals surface area contributed by atoms with Crippen LogP contribution in [0.4, 0.5) is 0 Å². The monoisotopic (exact) mass is 506 g/mol. The standard InChI is InChI=1S/C32H60P2/c1-22-11-27(28(12-23(22)2)20-34(29(3,4)5)30(6,7)8)19-33-31(9,10)21-32-16-24-13-25(17-32)15-26(14-24)18-32/h22-28,33H,11-21H2,1-10H3/t22?,23?,24?,25?,26?,27-,28+,32?/m0/s1. The van der Waals surface area contributed by atoms with E-state index in [1.165, 1.54) is 33.7 Å². The summed E-state index contributed by atoms with van der Waals surface area (Å²) in [6.07, 6.45) is 17.1. The van der Waals surface area contributed by atoms with Gasteiger partial charge in [-0.05, 0) is 132 Å². The minimum atomic E-state index is 0.0163. The van der Waals surface area contributed by atoms with E-state index in [9.17, 15) is 0 Å². The topological polar surface area (TPSA) is 0 Å². The minimum Gasteiger partial charge on any atom is -0.116 e.